The summed E-state index contributed by atoms with van der Waals surface area (Å²) in [6.45, 7) is 4.42. The molecule has 0 radical (unpaired) electrons. The van der Waals surface area contributed by atoms with Crippen LogP contribution in [-0.2, 0) is 11.3 Å². The van der Waals surface area contributed by atoms with Crippen LogP contribution in [0.5, 0.6) is 5.75 Å². The first kappa shape index (κ1) is 20.6. The van der Waals surface area contributed by atoms with E-state index in [0.29, 0.717) is 37.6 Å². The summed E-state index contributed by atoms with van der Waals surface area (Å²) in [7, 11) is 1.62. The highest BCUT2D eigenvalue weighted by Gasteiger charge is 2.18. The van der Waals surface area contributed by atoms with Gasteiger partial charge in [0.15, 0.2) is 0 Å². The summed E-state index contributed by atoms with van der Waals surface area (Å²) in [5.74, 6) is 0.585. The first-order valence-corrected chi connectivity index (χ1v) is 9.83. The van der Waals surface area contributed by atoms with Crippen LogP contribution in [0.1, 0.15) is 29.3 Å². The fourth-order valence-corrected chi connectivity index (χ4v) is 3.04. The topological polar surface area (TPSA) is 65.4 Å². The number of carbonyl (C=O) groups is 1. The maximum atomic E-state index is 12.9. The number of methoxy groups -OCH3 is 1. The van der Waals surface area contributed by atoms with Crippen molar-refractivity contribution in [3.63, 3.8) is 0 Å². The first-order chi connectivity index (χ1) is 14.2. The quantitative estimate of drug-likeness (QED) is 0.533. The zero-order valence-electron chi connectivity index (χ0n) is 16.9. The number of ether oxygens (including phenoxy) is 2. The molecule has 29 heavy (non-hydrogen) atoms. The molecule has 3 rings (SSSR count). The van der Waals surface area contributed by atoms with Crippen molar-refractivity contribution in [3.8, 4) is 17.0 Å². The molecule has 0 saturated carbocycles. The molecule has 0 aliphatic carbocycles. The minimum Gasteiger partial charge on any atom is -0.497 e. The van der Waals surface area contributed by atoms with Gasteiger partial charge in [-0.3, -0.25) is 9.48 Å². The van der Waals surface area contributed by atoms with E-state index in [1.807, 2.05) is 61.5 Å². The number of hydrogen-bond donors (Lipinski definition) is 1. The average molecular weight is 393 g/mol. The molecular formula is C23H27N3O3. The molecule has 0 aliphatic rings. The van der Waals surface area contributed by atoms with Crippen molar-refractivity contribution >= 4 is 5.91 Å². The molecule has 2 aromatic carbocycles. The minimum absolute atomic E-state index is 0.140. The number of amides is 1. The van der Waals surface area contributed by atoms with E-state index < -0.39 is 0 Å². The van der Waals surface area contributed by atoms with E-state index in [-0.39, 0.29) is 5.91 Å². The Morgan fingerprint density at radius 2 is 1.97 bits per heavy atom. The summed E-state index contributed by atoms with van der Waals surface area (Å²) in [6, 6.07) is 17.6. The van der Waals surface area contributed by atoms with Gasteiger partial charge in [0.25, 0.3) is 5.91 Å². The summed E-state index contributed by atoms with van der Waals surface area (Å²) in [5, 5.41) is 7.68. The van der Waals surface area contributed by atoms with Gasteiger partial charge >= 0.3 is 0 Å². The van der Waals surface area contributed by atoms with Gasteiger partial charge in [0.2, 0.25) is 0 Å². The molecule has 6 nitrogen and oxygen atoms in total. The summed E-state index contributed by atoms with van der Waals surface area (Å²) in [4.78, 5) is 12.9. The van der Waals surface area contributed by atoms with Crippen LogP contribution in [0, 0.1) is 0 Å². The molecular weight excluding hydrogens is 366 g/mol. The number of aromatic nitrogens is 2. The molecule has 0 spiro atoms. The Morgan fingerprint density at radius 3 is 2.72 bits per heavy atom. The second-order valence-corrected chi connectivity index (χ2v) is 6.61. The molecule has 3 aromatic rings. The molecule has 1 heterocycles. The van der Waals surface area contributed by atoms with Gasteiger partial charge in [-0.1, -0.05) is 42.5 Å². The largest absolute Gasteiger partial charge is 0.497 e. The highest BCUT2D eigenvalue weighted by molar-refractivity contribution is 5.99. The van der Waals surface area contributed by atoms with Crippen molar-refractivity contribution in [2.24, 2.45) is 0 Å². The van der Waals surface area contributed by atoms with E-state index >= 15 is 0 Å². The van der Waals surface area contributed by atoms with E-state index in [1.165, 1.54) is 0 Å². The minimum atomic E-state index is -0.140. The van der Waals surface area contributed by atoms with Crippen molar-refractivity contribution < 1.29 is 14.3 Å². The Kier molecular flexibility index (Phi) is 7.41. The second-order valence-electron chi connectivity index (χ2n) is 6.61. The molecule has 1 amide bonds. The Balaban J connectivity index is 1.84. The zero-order chi connectivity index (χ0) is 20.5. The van der Waals surface area contributed by atoms with Crippen molar-refractivity contribution in [3.05, 3.63) is 71.9 Å². The van der Waals surface area contributed by atoms with Crippen molar-refractivity contribution in [1.29, 1.82) is 0 Å². The highest BCUT2D eigenvalue weighted by atomic mass is 16.5. The summed E-state index contributed by atoms with van der Waals surface area (Å²) >= 11 is 0. The number of nitrogens with zero attached hydrogens (tertiary/aromatic N) is 2. The molecule has 0 aliphatic heterocycles. The Bertz CT molecular complexity index is 922. The van der Waals surface area contributed by atoms with Gasteiger partial charge in [-0.25, -0.2) is 0 Å². The maximum Gasteiger partial charge on any atom is 0.255 e. The van der Waals surface area contributed by atoms with Crippen LogP contribution in [-0.4, -0.2) is 42.6 Å². The molecule has 0 saturated heterocycles. The lowest BCUT2D eigenvalue weighted by Crippen LogP contribution is -2.25. The third kappa shape index (κ3) is 5.68. The van der Waals surface area contributed by atoms with Crippen LogP contribution >= 0.6 is 0 Å². The fraction of sp³-hybridized carbons (Fsp3) is 0.304. The molecule has 0 unspecified atom stereocenters. The van der Waals surface area contributed by atoms with Gasteiger partial charge in [0, 0.05) is 31.5 Å². The van der Waals surface area contributed by atoms with Crippen LogP contribution in [0.25, 0.3) is 11.3 Å². The lowest BCUT2D eigenvalue weighted by Gasteiger charge is -2.06. The Morgan fingerprint density at radius 1 is 1.14 bits per heavy atom. The van der Waals surface area contributed by atoms with Crippen LogP contribution in [0.2, 0.25) is 0 Å². The number of benzene rings is 2. The van der Waals surface area contributed by atoms with E-state index in [9.17, 15) is 4.79 Å². The van der Waals surface area contributed by atoms with Gasteiger partial charge < -0.3 is 14.8 Å². The van der Waals surface area contributed by atoms with Gasteiger partial charge in [0.1, 0.15) is 11.4 Å². The molecule has 1 aromatic heterocycles. The van der Waals surface area contributed by atoms with E-state index in [1.54, 1.807) is 18.0 Å². The molecule has 1 N–H and O–H groups in total. The monoisotopic (exact) mass is 393 g/mol. The lowest BCUT2D eigenvalue weighted by molar-refractivity contribution is 0.0945. The first-order valence-electron chi connectivity index (χ1n) is 9.83. The van der Waals surface area contributed by atoms with Crippen molar-refractivity contribution in [2.75, 3.05) is 26.9 Å². The number of hydrogen-bond acceptors (Lipinski definition) is 4. The molecule has 0 bridgehead atoms. The highest BCUT2D eigenvalue weighted by Crippen LogP contribution is 2.26. The van der Waals surface area contributed by atoms with Crippen molar-refractivity contribution in [2.45, 2.75) is 19.9 Å². The fourth-order valence-electron chi connectivity index (χ4n) is 3.04. The average Bonchev–Trinajstić information content (AvgIpc) is 3.18. The summed E-state index contributed by atoms with van der Waals surface area (Å²) in [5.41, 5.74) is 3.15. The van der Waals surface area contributed by atoms with Gasteiger partial charge in [-0.05, 0) is 31.0 Å². The SMILES string of the molecule is CCOCCCNC(=O)c1cn(Cc2ccccc2)nc1-c1cccc(OC)c1. The molecule has 0 atom stereocenters. The maximum absolute atomic E-state index is 12.9. The predicted octanol–water partition coefficient (Wildman–Crippen LogP) is 3.76. The zero-order valence-corrected chi connectivity index (χ0v) is 16.9. The second kappa shape index (κ2) is 10.4. The number of carbonyl (C=O) groups excluding carboxylic acids is 1. The third-order valence-electron chi connectivity index (χ3n) is 4.49. The molecule has 0 fully saturated rings. The van der Waals surface area contributed by atoms with Crippen LogP contribution in [0.3, 0.4) is 0 Å². The third-order valence-corrected chi connectivity index (χ3v) is 4.49. The van der Waals surface area contributed by atoms with E-state index in [0.717, 1.165) is 23.3 Å². The van der Waals surface area contributed by atoms with Crippen LogP contribution in [0.4, 0.5) is 0 Å². The van der Waals surface area contributed by atoms with Crippen LogP contribution < -0.4 is 10.1 Å². The molecule has 6 heteroatoms. The standard InChI is InChI=1S/C23H27N3O3/c1-3-29-14-8-13-24-23(27)21-17-26(16-18-9-5-4-6-10-18)25-22(21)19-11-7-12-20(15-19)28-2/h4-7,9-12,15,17H,3,8,13-14,16H2,1-2H3,(H,24,27). The normalized spacial score (nSPS) is 10.7. The van der Waals surface area contributed by atoms with Gasteiger partial charge in [-0.2, -0.15) is 5.10 Å². The smallest absolute Gasteiger partial charge is 0.255 e. The van der Waals surface area contributed by atoms with E-state index in [4.69, 9.17) is 14.6 Å². The Labute approximate surface area is 171 Å². The molecule has 152 valence electrons. The predicted molar refractivity (Wildman–Crippen MR) is 113 cm³/mol. The van der Waals surface area contributed by atoms with E-state index in [2.05, 4.69) is 5.32 Å². The van der Waals surface area contributed by atoms with Crippen molar-refractivity contribution in [1.82, 2.24) is 15.1 Å². The van der Waals surface area contributed by atoms with Crippen LogP contribution in [0.15, 0.2) is 60.8 Å². The van der Waals surface area contributed by atoms with Gasteiger partial charge in [-0.15, -0.1) is 0 Å². The lowest BCUT2D eigenvalue weighted by atomic mass is 10.1. The van der Waals surface area contributed by atoms with Gasteiger partial charge in [0.05, 0.1) is 19.2 Å². The number of nitrogens with one attached hydrogen (secondary N) is 1. The Hall–Kier alpha value is -3.12. The number of rotatable bonds is 10. The summed E-state index contributed by atoms with van der Waals surface area (Å²) in [6.07, 6.45) is 2.58. The summed E-state index contributed by atoms with van der Waals surface area (Å²) < 4.78 is 12.5.